The number of anilines is 1. The molecule has 0 aliphatic rings. The lowest BCUT2D eigenvalue weighted by Gasteiger charge is -2.30. The molecular formula is C19H22ClN5. The van der Waals surface area contributed by atoms with Crippen LogP contribution in [0.5, 0.6) is 0 Å². The smallest absolute Gasteiger partial charge is 0.181 e. The lowest BCUT2D eigenvalue weighted by Crippen LogP contribution is -2.35. The van der Waals surface area contributed by atoms with Crippen molar-refractivity contribution in [1.29, 1.82) is 0 Å². The minimum Gasteiger partial charge on any atom is -0.373 e. The number of nitrogens with zero attached hydrogens (tertiary/aromatic N) is 4. The number of halogens is 1. The average molecular weight is 356 g/mol. The van der Waals surface area contributed by atoms with Crippen molar-refractivity contribution in [3.05, 3.63) is 64.4 Å². The number of tetrazole rings is 1. The fourth-order valence-electron chi connectivity index (χ4n) is 2.84. The Morgan fingerprint density at radius 1 is 1.12 bits per heavy atom. The van der Waals surface area contributed by atoms with E-state index in [0.29, 0.717) is 5.02 Å². The summed E-state index contributed by atoms with van der Waals surface area (Å²) in [4.78, 5) is 0. The van der Waals surface area contributed by atoms with Gasteiger partial charge in [0.15, 0.2) is 5.82 Å². The molecule has 0 amide bonds. The summed E-state index contributed by atoms with van der Waals surface area (Å²) < 4.78 is 1.76. The van der Waals surface area contributed by atoms with E-state index >= 15 is 0 Å². The largest absolute Gasteiger partial charge is 0.373 e. The Balaban J connectivity index is 2.00. The molecular weight excluding hydrogens is 334 g/mol. The van der Waals surface area contributed by atoms with Crippen LogP contribution >= 0.6 is 11.6 Å². The number of hydrogen-bond acceptors (Lipinski definition) is 4. The van der Waals surface area contributed by atoms with E-state index < -0.39 is 5.54 Å². The standard InChI is InChI=1S/C19H22ClN5/c1-5-19(4,21-17-11-6-13(2)12-14(17)3)18-22-23-24-25(18)16-9-7-15(20)8-10-16/h6-12,21H,5H2,1-4H3/t19-/m1/s1. The van der Waals surface area contributed by atoms with Crippen LogP contribution in [0, 0.1) is 13.8 Å². The van der Waals surface area contributed by atoms with Crippen molar-refractivity contribution in [3.8, 4) is 5.69 Å². The molecule has 0 unspecified atom stereocenters. The third-order valence-electron chi connectivity index (χ3n) is 4.53. The highest BCUT2D eigenvalue weighted by atomic mass is 35.5. The summed E-state index contributed by atoms with van der Waals surface area (Å²) in [6, 6.07) is 13.9. The van der Waals surface area contributed by atoms with E-state index in [2.05, 4.69) is 66.7 Å². The topological polar surface area (TPSA) is 55.6 Å². The first-order valence-electron chi connectivity index (χ1n) is 8.33. The van der Waals surface area contributed by atoms with Crippen molar-refractivity contribution in [2.24, 2.45) is 0 Å². The number of hydrogen-bond donors (Lipinski definition) is 1. The average Bonchev–Trinajstić information content (AvgIpc) is 3.08. The lowest BCUT2D eigenvalue weighted by molar-refractivity contribution is 0.474. The zero-order valence-electron chi connectivity index (χ0n) is 14.9. The molecule has 6 heteroatoms. The first kappa shape index (κ1) is 17.4. The molecule has 0 fully saturated rings. The van der Waals surface area contributed by atoms with Crippen LogP contribution in [-0.2, 0) is 5.54 Å². The highest BCUT2D eigenvalue weighted by Gasteiger charge is 2.32. The minimum absolute atomic E-state index is 0.414. The summed E-state index contributed by atoms with van der Waals surface area (Å²) in [5.74, 6) is 0.761. The van der Waals surface area contributed by atoms with Gasteiger partial charge in [-0.1, -0.05) is 36.2 Å². The molecule has 0 bridgehead atoms. The van der Waals surface area contributed by atoms with Gasteiger partial charge in [-0.3, -0.25) is 0 Å². The molecule has 0 aliphatic carbocycles. The fraction of sp³-hybridized carbons (Fsp3) is 0.316. The van der Waals surface area contributed by atoms with Gasteiger partial charge in [0.1, 0.15) is 0 Å². The Hall–Kier alpha value is -2.40. The molecule has 5 nitrogen and oxygen atoms in total. The van der Waals surface area contributed by atoms with Crippen molar-refractivity contribution in [1.82, 2.24) is 20.2 Å². The second kappa shape index (κ2) is 6.84. The van der Waals surface area contributed by atoms with Crippen LogP contribution in [0.2, 0.25) is 5.02 Å². The highest BCUT2D eigenvalue weighted by molar-refractivity contribution is 6.30. The van der Waals surface area contributed by atoms with Gasteiger partial charge < -0.3 is 5.32 Å². The van der Waals surface area contributed by atoms with Gasteiger partial charge in [-0.25, -0.2) is 0 Å². The molecule has 0 spiro atoms. The third kappa shape index (κ3) is 3.51. The van der Waals surface area contributed by atoms with Crippen LogP contribution in [-0.4, -0.2) is 20.2 Å². The SMILES string of the molecule is CC[C@@](C)(Nc1ccc(C)cc1C)c1nnnn1-c1ccc(Cl)cc1. The first-order chi connectivity index (χ1) is 11.9. The van der Waals surface area contributed by atoms with Gasteiger partial charge in [0.25, 0.3) is 0 Å². The summed E-state index contributed by atoms with van der Waals surface area (Å²) >= 11 is 5.99. The van der Waals surface area contributed by atoms with Gasteiger partial charge in [-0.2, -0.15) is 4.68 Å². The predicted molar refractivity (Wildman–Crippen MR) is 101 cm³/mol. The Bertz CT molecular complexity index is 872. The Morgan fingerprint density at radius 2 is 1.84 bits per heavy atom. The predicted octanol–water partition coefficient (Wildman–Crippen LogP) is 4.67. The van der Waals surface area contributed by atoms with Crippen molar-refractivity contribution >= 4 is 17.3 Å². The first-order valence-corrected chi connectivity index (χ1v) is 8.71. The van der Waals surface area contributed by atoms with Crippen LogP contribution in [0.4, 0.5) is 5.69 Å². The molecule has 0 radical (unpaired) electrons. The maximum atomic E-state index is 5.99. The lowest BCUT2D eigenvalue weighted by atomic mass is 9.96. The van der Waals surface area contributed by atoms with E-state index in [9.17, 15) is 0 Å². The molecule has 25 heavy (non-hydrogen) atoms. The number of nitrogens with one attached hydrogen (secondary N) is 1. The van der Waals surface area contributed by atoms with E-state index in [1.54, 1.807) is 4.68 Å². The van der Waals surface area contributed by atoms with Gasteiger partial charge in [-0.15, -0.1) is 5.10 Å². The van der Waals surface area contributed by atoms with E-state index in [1.165, 1.54) is 11.1 Å². The van der Waals surface area contributed by atoms with Gasteiger partial charge in [0.2, 0.25) is 0 Å². The number of aryl methyl sites for hydroxylation is 2. The molecule has 130 valence electrons. The molecule has 2 aromatic carbocycles. The maximum absolute atomic E-state index is 5.99. The second-order valence-electron chi connectivity index (χ2n) is 6.52. The summed E-state index contributed by atoms with van der Waals surface area (Å²) in [5, 5.41) is 16.7. The number of rotatable bonds is 5. The molecule has 1 N–H and O–H groups in total. The van der Waals surface area contributed by atoms with E-state index in [4.69, 9.17) is 11.6 Å². The summed E-state index contributed by atoms with van der Waals surface area (Å²) in [6.07, 6.45) is 0.828. The summed E-state index contributed by atoms with van der Waals surface area (Å²) in [6.45, 7) is 8.44. The summed E-state index contributed by atoms with van der Waals surface area (Å²) in [7, 11) is 0. The van der Waals surface area contributed by atoms with Gasteiger partial charge in [-0.05, 0) is 73.5 Å². The Morgan fingerprint density at radius 3 is 2.48 bits per heavy atom. The quantitative estimate of drug-likeness (QED) is 0.722. The highest BCUT2D eigenvalue weighted by Crippen LogP contribution is 2.30. The molecule has 1 heterocycles. The van der Waals surface area contributed by atoms with Crippen molar-refractivity contribution in [3.63, 3.8) is 0 Å². The molecule has 1 atom stereocenters. The van der Waals surface area contributed by atoms with Crippen LogP contribution < -0.4 is 5.32 Å². The zero-order chi connectivity index (χ0) is 18.0. The van der Waals surface area contributed by atoms with E-state index in [-0.39, 0.29) is 0 Å². The minimum atomic E-state index is -0.414. The molecule has 0 saturated carbocycles. The summed E-state index contributed by atoms with van der Waals surface area (Å²) in [5.41, 5.74) is 3.99. The van der Waals surface area contributed by atoms with Crippen LogP contribution in [0.3, 0.4) is 0 Å². The Kier molecular flexibility index (Phi) is 4.77. The molecule has 3 rings (SSSR count). The molecule has 1 aromatic heterocycles. The Labute approximate surface area is 153 Å². The maximum Gasteiger partial charge on any atom is 0.181 e. The molecule has 0 saturated heterocycles. The van der Waals surface area contributed by atoms with Crippen molar-refractivity contribution in [2.45, 2.75) is 39.7 Å². The van der Waals surface area contributed by atoms with E-state index in [0.717, 1.165) is 23.6 Å². The van der Waals surface area contributed by atoms with Crippen LogP contribution in [0.15, 0.2) is 42.5 Å². The van der Waals surface area contributed by atoms with Crippen LogP contribution in [0.1, 0.15) is 37.2 Å². The van der Waals surface area contributed by atoms with E-state index in [1.807, 2.05) is 24.3 Å². The van der Waals surface area contributed by atoms with Crippen molar-refractivity contribution < 1.29 is 0 Å². The van der Waals surface area contributed by atoms with Gasteiger partial charge in [0, 0.05) is 10.7 Å². The second-order valence-corrected chi connectivity index (χ2v) is 6.96. The monoisotopic (exact) mass is 355 g/mol. The van der Waals surface area contributed by atoms with Crippen LogP contribution in [0.25, 0.3) is 5.69 Å². The normalized spacial score (nSPS) is 13.5. The number of benzene rings is 2. The van der Waals surface area contributed by atoms with Crippen molar-refractivity contribution in [2.75, 3.05) is 5.32 Å². The molecule has 3 aromatic rings. The van der Waals surface area contributed by atoms with Gasteiger partial charge in [0.05, 0.1) is 11.2 Å². The fourth-order valence-corrected chi connectivity index (χ4v) is 2.97. The van der Waals surface area contributed by atoms with Gasteiger partial charge >= 0.3 is 0 Å². The third-order valence-corrected chi connectivity index (χ3v) is 4.79. The zero-order valence-corrected chi connectivity index (χ0v) is 15.7. The number of aromatic nitrogens is 4. The molecule has 0 aliphatic heterocycles.